The first-order valence-corrected chi connectivity index (χ1v) is 6.69. The number of aromatic nitrogens is 3. The Balaban J connectivity index is 2.12. The van der Waals surface area contributed by atoms with E-state index >= 15 is 0 Å². The number of nitrogen functional groups attached to an aromatic ring is 1. The van der Waals surface area contributed by atoms with E-state index in [1.165, 1.54) is 11.9 Å². The highest BCUT2D eigenvalue weighted by atomic mass is 35.5. The molecule has 0 aliphatic carbocycles. The fourth-order valence-electron chi connectivity index (χ4n) is 1.49. The molecule has 0 saturated heterocycles. The molecule has 3 N–H and O–H groups in total. The van der Waals surface area contributed by atoms with Crippen LogP contribution in [0.2, 0.25) is 5.02 Å². The minimum absolute atomic E-state index is 0.154. The molecule has 0 saturated carbocycles. The number of nitrogens with one attached hydrogen (secondary N) is 1. The van der Waals surface area contributed by atoms with Gasteiger partial charge in [-0.3, -0.25) is 0 Å². The second-order valence-electron chi connectivity index (χ2n) is 4.53. The summed E-state index contributed by atoms with van der Waals surface area (Å²) in [7, 11) is 0. The molecule has 2 rings (SSSR count). The van der Waals surface area contributed by atoms with E-state index in [1.54, 1.807) is 18.2 Å². The molecule has 2 aromatic rings. The number of hydrogen-bond donors (Lipinski definition) is 2. The van der Waals surface area contributed by atoms with Crippen LogP contribution in [0.5, 0.6) is 5.75 Å². The maximum absolute atomic E-state index is 6.11. The van der Waals surface area contributed by atoms with Crippen LogP contribution in [0, 0.1) is 0 Å². The van der Waals surface area contributed by atoms with Gasteiger partial charge in [0.05, 0.1) is 5.02 Å². The Kier molecular flexibility index (Phi) is 4.94. The third kappa shape index (κ3) is 4.61. The quantitative estimate of drug-likeness (QED) is 0.825. The number of rotatable bonds is 5. The molecule has 0 atom stereocenters. The van der Waals surface area contributed by atoms with E-state index in [1.807, 2.05) is 19.9 Å². The standard InChI is InChI=1S/C14H16ClN5O/c1-9(2)5-6-21-12-7-10(3-4-11(12)15)19-14-18-8-17-13(16)20-14/h3-5,7-8H,6H2,1-2H3,(H3,16,17,18,19,20). The number of benzene rings is 1. The molecule has 1 heterocycles. The fraction of sp³-hybridized carbons (Fsp3) is 0.214. The van der Waals surface area contributed by atoms with E-state index in [0.29, 0.717) is 23.3 Å². The monoisotopic (exact) mass is 305 g/mol. The number of ether oxygens (including phenoxy) is 1. The van der Waals surface area contributed by atoms with Crippen molar-refractivity contribution in [3.63, 3.8) is 0 Å². The molecule has 0 fully saturated rings. The number of anilines is 3. The Morgan fingerprint density at radius 2 is 2.19 bits per heavy atom. The molecule has 0 bridgehead atoms. The Morgan fingerprint density at radius 1 is 1.38 bits per heavy atom. The summed E-state index contributed by atoms with van der Waals surface area (Å²) >= 11 is 6.11. The van der Waals surface area contributed by atoms with Gasteiger partial charge in [-0.05, 0) is 32.1 Å². The summed E-state index contributed by atoms with van der Waals surface area (Å²) in [5.41, 5.74) is 7.43. The van der Waals surface area contributed by atoms with Gasteiger partial charge < -0.3 is 15.8 Å². The Bertz CT molecular complexity index is 656. The van der Waals surface area contributed by atoms with Crippen LogP contribution in [0.1, 0.15) is 13.8 Å². The minimum Gasteiger partial charge on any atom is -0.488 e. The highest BCUT2D eigenvalue weighted by Gasteiger charge is 2.05. The van der Waals surface area contributed by atoms with Gasteiger partial charge in [-0.25, -0.2) is 9.97 Å². The first-order valence-electron chi connectivity index (χ1n) is 6.32. The molecule has 0 unspecified atom stereocenters. The van der Waals surface area contributed by atoms with Crippen molar-refractivity contribution in [1.29, 1.82) is 0 Å². The first kappa shape index (κ1) is 15.1. The Morgan fingerprint density at radius 3 is 2.90 bits per heavy atom. The van der Waals surface area contributed by atoms with Gasteiger partial charge in [0.1, 0.15) is 18.7 Å². The summed E-state index contributed by atoms with van der Waals surface area (Å²) in [5.74, 6) is 1.10. The molecule has 1 aromatic carbocycles. The van der Waals surface area contributed by atoms with Crippen molar-refractivity contribution in [2.75, 3.05) is 17.7 Å². The van der Waals surface area contributed by atoms with E-state index < -0.39 is 0 Å². The van der Waals surface area contributed by atoms with Gasteiger partial charge in [0.25, 0.3) is 0 Å². The first-order chi connectivity index (χ1) is 10.0. The normalized spacial score (nSPS) is 10.0. The SMILES string of the molecule is CC(C)=CCOc1cc(Nc2ncnc(N)n2)ccc1Cl. The fourth-order valence-corrected chi connectivity index (χ4v) is 1.66. The van der Waals surface area contributed by atoms with E-state index in [4.69, 9.17) is 22.1 Å². The van der Waals surface area contributed by atoms with Gasteiger partial charge in [-0.1, -0.05) is 17.2 Å². The molecular formula is C14H16ClN5O. The molecule has 21 heavy (non-hydrogen) atoms. The lowest BCUT2D eigenvalue weighted by Gasteiger charge is -2.09. The predicted molar refractivity (Wildman–Crippen MR) is 83.9 cm³/mol. The lowest BCUT2D eigenvalue weighted by atomic mass is 10.3. The highest BCUT2D eigenvalue weighted by molar-refractivity contribution is 6.32. The van der Waals surface area contributed by atoms with Crippen LogP contribution in [0.4, 0.5) is 17.6 Å². The van der Waals surface area contributed by atoms with Crippen molar-refractivity contribution >= 4 is 29.2 Å². The molecular weight excluding hydrogens is 290 g/mol. The highest BCUT2D eigenvalue weighted by Crippen LogP contribution is 2.28. The molecule has 0 spiro atoms. The summed E-state index contributed by atoms with van der Waals surface area (Å²) in [6, 6.07) is 5.32. The van der Waals surface area contributed by atoms with Crippen LogP contribution in [0.25, 0.3) is 0 Å². The Labute approximate surface area is 128 Å². The Hall–Kier alpha value is -2.34. The zero-order valence-corrected chi connectivity index (χ0v) is 12.6. The third-order valence-corrected chi connectivity index (χ3v) is 2.82. The zero-order valence-electron chi connectivity index (χ0n) is 11.8. The van der Waals surface area contributed by atoms with Crippen LogP contribution in [-0.4, -0.2) is 21.6 Å². The van der Waals surface area contributed by atoms with E-state index in [0.717, 1.165) is 5.69 Å². The summed E-state index contributed by atoms with van der Waals surface area (Å²) in [6.45, 7) is 4.48. The van der Waals surface area contributed by atoms with Crippen molar-refractivity contribution in [3.05, 3.63) is 41.2 Å². The molecule has 7 heteroatoms. The topological polar surface area (TPSA) is 86.0 Å². The maximum Gasteiger partial charge on any atom is 0.231 e. The smallest absolute Gasteiger partial charge is 0.231 e. The van der Waals surface area contributed by atoms with Gasteiger partial charge in [0, 0.05) is 11.8 Å². The summed E-state index contributed by atoms with van der Waals surface area (Å²) in [5, 5.41) is 3.55. The van der Waals surface area contributed by atoms with Gasteiger partial charge in [0.15, 0.2) is 0 Å². The number of allylic oxidation sites excluding steroid dienone is 1. The minimum atomic E-state index is 0.154. The van der Waals surface area contributed by atoms with Gasteiger partial charge >= 0.3 is 0 Å². The maximum atomic E-state index is 6.11. The summed E-state index contributed by atoms with van der Waals surface area (Å²) in [4.78, 5) is 11.7. The molecule has 0 amide bonds. The van der Waals surface area contributed by atoms with Crippen molar-refractivity contribution in [2.45, 2.75) is 13.8 Å². The van der Waals surface area contributed by atoms with Gasteiger partial charge in [-0.15, -0.1) is 0 Å². The largest absolute Gasteiger partial charge is 0.488 e. The average molecular weight is 306 g/mol. The predicted octanol–water partition coefficient (Wildman–Crippen LogP) is 3.20. The van der Waals surface area contributed by atoms with Crippen molar-refractivity contribution in [3.8, 4) is 5.75 Å². The lowest BCUT2D eigenvalue weighted by molar-refractivity contribution is 0.362. The lowest BCUT2D eigenvalue weighted by Crippen LogP contribution is -2.02. The summed E-state index contributed by atoms with van der Waals surface area (Å²) in [6.07, 6.45) is 3.32. The molecule has 0 aliphatic heterocycles. The zero-order chi connectivity index (χ0) is 15.2. The third-order valence-electron chi connectivity index (χ3n) is 2.51. The van der Waals surface area contributed by atoms with Gasteiger partial charge in [0.2, 0.25) is 11.9 Å². The van der Waals surface area contributed by atoms with Crippen LogP contribution in [0.15, 0.2) is 36.2 Å². The average Bonchev–Trinajstić information content (AvgIpc) is 2.42. The molecule has 110 valence electrons. The van der Waals surface area contributed by atoms with E-state index in [9.17, 15) is 0 Å². The summed E-state index contributed by atoms with van der Waals surface area (Å²) < 4.78 is 5.62. The van der Waals surface area contributed by atoms with Crippen molar-refractivity contribution < 1.29 is 4.74 Å². The second kappa shape index (κ2) is 6.90. The van der Waals surface area contributed by atoms with Crippen LogP contribution in [-0.2, 0) is 0 Å². The number of nitrogens with zero attached hydrogens (tertiary/aromatic N) is 3. The van der Waals surface area contributed by atoms with Crippen molar-refractivity contribution in [1.82, 2.24) is 15.0 Å². The molecule has 0 aliphatic rings. The van der Waals surface area contributed by atoms with Crippen LogP contribution < -0.4 is 15.8 Å². The van der Waals surface area contributed by atoms with E-state index in [-0.39, 0.29) is 5.95 Å². The molecule has 1 aromatic heterocycles. The number of halogens is 1. The number of hydrogen-bond acceptors (Lipinski definition) is 6. The van der Waals surface area contributed by atoms with Crippen molar-refractivity contribution in [2.24, 2.45) is 0 Å². The molecule has 0 radical (unpaired) electrons. The van der Waals surface area contributed by atoms with E-state index in [2.05, 4.69) is 20.3 Å². The van der Waals surface area contributed by atoms with Crippen LogP contribution in [0.3, 0.4) is 0 Å². The number of nitrogens with two attached hydrogens (primary N) is 1. The van der Waals surface area contributed by atoms with Crippen LogP contribution >= 0.6 is 11.6 Å². The molecule has 6 nitrogen and oxygen atoms in total. The second-order valence-corrected chi connectivity index (χ2v) is 4.94. The van der Waals surface area contributed by atoms with Gasteiger partial charge in [-0.2, -0.15) is 4.98 Å².